The largest absolute Gasteiger partial charge is 0.459 e. The van der Waals surface area contributed by atoms with E-state index >= 15 is 0 Å². The third-order valence-electron chi connectivity index (χ3n) is 4.85. The molecule has 0 bridgehead atoms. The van der Waals surface area contributed by atoms with Crippen molar-refractivity contribution in [2.75, 3.05) is 10.6 Å². The van der Waals surface area contributed by atoms with Gasteiger partial charge in [0.1, 0.15) is 0 Å². The van der Waals surface area contributed by atoms with Crippen LogP contribution < -0.4 is 10.6 Å². The number of furan rings is 1. The van der Waals surface area contributed by atoms with Crippen molar-refractivity contribution in [3.8, 4) is 11.3 Å². The van der Waals surface area contributed by atoms with Gasteiger partial charge in [-0.3, -0.25) is 9.59 Å². The fraction of sp³-hybridized carbons (Fsp3) is 0.160. The van der Waals surface area contributed by atoms with Crippen LogP contribution in [0.3, 0.4) is 0 Å². The number of aryl methyl sites for hydroxylation is 1. The topological polar surface area (TPSA) is 84.2 Å². The Kier molecular flexibility index (Phi) is 7.26. The number of aromatic nitrogens is 1. The van der Waals surface area contributed by atoms with Gasteiger partial charge in [0.15, 0.2) is 10.9 Å². The molecule has 33 heavy (non-hydrogen) atoms. The molecule has 6 nitrogen and oxygen atoms in total. The molecule has 0 saturated carbocycles. The van der Waals surface area contributed by atoms with Crippen molar-refractivity contribution in [1.29, 1.82) is 0 Å². The van der Waals surface area contributed by atoms with Gasteiger partial charge >= 0.3 is 0 Å². The zero-order chi connectivity index (χ0) is 23.2. The minimum absolute atomic E-state index is 0.0964. The SMILES string of the molecule is CCC(Sc1cccc(NC(=O)c2ccco2)c1)C(=O)Nc1nc(-c2ccccc2)c(C)s1. The molecule has 1 unspecified atom stereocenters. The third kappa shape index (κ3) is 5.71. The molecule has 0 fully saturated rings. The van der Waals surface area contributed by atoms with E-state index in [2.05, 4.69) is 15.6 Å². The van der Waals surface area contributed by atoms with Gasteiger partial charge in [0.25, 0.3) is 5.91 Å². The average molecular weight is 478 g/mol. The average Bonchev–Trinajstić information content (AvgIpc) is 3.48. The molecule has 0 spiro atoms. The number of hydrogen-bond acceptors (Lipinski definition) is 6. The summed E-state index contributed by atoms with van der Waals surface area (Å²) in [5.74, 6) is -0.173. The first-order valence-corrected chi connectivity index (χ1v) is 12.2. The molecule has 0 aliphatic rings. The first kappa shape index (κ1) is 22.8. The van der Waals surface area contributed by atoms with Crippen LogP contribution in [0.2, 0.25) is 0 Å². The van der Waals surface area contributed by atoms with Gasteiger partial charge in [-0.2, -0.15) is 0 Å². The Hall–Kier alpha value is -3.36. The monoisotopic (exact) mass is 477 g/mol. The molecule has 2 aromatic heterocycles. The normalized spacial score (nSPS) is 11.7. The standard InChI is InChI=1S/C25H23N3O3S2/c1-3-21(24(30)28-25-27-22(16(2)32-25)17-9-5-4-6-10-17)33-19-12-7-11-18(15-19)26-23(29)20-13-8-14-31-20/h4-15,21H,3H2,1-2H3,(H,26,29)(H,27,28,30). The molecule has 0 radical (unpaired) electrons. The van der Waals surface area contributed by atoms with E-state index in [1.54, 1.807) is 18.2 Å². The van der Waals surface area contributed by atoms with Crippen LogP contribution in [0.5, 0.6) is 0 Å². The number of thiazole rings is 1. The van der Waals surface area contributed by atoms with Crippen LogP contribution in [-0.2, 0) is 4.79 Å². The van der Waals surface area contributed by atoms with Gasteiger partial charge in [-0.15, -0.1) is 23.1 Å². The van der Waals surface area contributed by atoms with Crippen LogP contribution in [0.15, 0.2) is 82.3 Å². The number of amides is 2. The van der Waals surface area contributed by atoms with Gasteiger partial charge in [0.05, 0.1) is 17.2 Å². The van der Waals surface area contributed by atoms with Crippen molar-refractivity contribution >= 4 is 45.7 Å². The van der Waals surface area contributed by atoms with Crippen molar-refractivity contribution in [1.82, 2.24) is 4.98 Å². The van der Waals surface area contributed by atoms with Gasteiger partial charge in [-0.1, -0.05) is 43.3 Å². The highest BCUT2D eigenvalue weighted by molar-refractivity contribution is 8.00. The maximum absolute atomic E-state index is 13.0. The molecule has 0 aliphatic heterocycles. The van der Waals surface area contributed by atoms with Crippen LogP contribution >= 0.6 is 23.1 Å². The van der Waals surface area contributed by atoms with Crippen LogP contribution in [0.4, 0.5) is 10.8 Å². The van der Waals surface area contributed by atoms with Crippen LogP contribution in [0.25, 0.3) is 11.3 Å². The Morgan fingerprint density at radius 3 is 2.61 bits per heavy atom. The second kappa shape index (κ2) is 10.5. The maximum Gasteiger partial charge on any atom is 0.291 e. The fourth-order valence-corrected chi connectivity index (χ4v) is 5.09. The molecular formula is C25H23N3O3S2. The molecule has 0 aliphatic carbocycles. The van der Waals surface area contributed by atoms with Crippen molar-refractivity contribution in [2.45, 2.75) is 30.4 Å². The van der Waals surface area contributed by atoms with Gasteiger partial charge in [0, 0.05) is 21.0 Å². The van der Waals surface area contributed by atoms with E-state index < -0.39 is 0 Å². The quantitative estimate of drug-likeness (QED) is 0.284. The van der Waals surface area contributed by atoms with E-state index in [0.29, 0.717) is 17.2 Å². The number of nitrogens with zero attached hydrogens (tertiary/aromatic N) is 1. The lowest BCUT2D eigenvalue weighted by Gasteiger charge is -2.14. The predicted octanol–water partition coefficient (Wildman–Crippen LogP) is 6.47. The van der Waals surface area contributed by atoms with Crippen LogP contribution in [0, 0.1) is 6.92 Å². The van der Waals surface area contributed by atoms with E-state index in [0.717, 1.165) is 21.0 Å². The Labute approximate surface area is 200 Å². The van der Waals surface area contributed by atoms with Crippen molar-refractivity contribution < 1.29 is 14.0 Å². The molecule has 8 heteroatoms. The summed E-state index contributed by atoms with van der Waals surface area (Å²) in [6.45, 7) is 3.98. The Morgan fingerprint density at radius 1 is 1.06 bits per heavy atom. The molecule has 2 heterocycles. The zero-order valence-corrected chi connectivity index (χ0v) is 19.8. The number of carbonyl (C=O) groups excluding carboxylic acids is 2. The smallest absolute Gasteiger partial charge is 0.291 e. The van der Waals surface area contributed by atoms with E-state index in [1.807, 2.05) is 62.4 Å². The summed E-state index contributed by atoms with van der Waals surface area (Å²) in [6, 6.07) is 20.6. The summed E-state index contributed by atoms with van der Waals surface area (Å²) in [5, 5.41) is 6.08. The van der Waals surface area contributed by atoms with Gasteiger partial charge in [0.2, 0.25) is 5.91 Å². The summed E-state index contributed by atoms with van der Waals surface area (Å²) in [4.78, 5) is 31.8. The van der Waals surface area contributed by atoms with Crippen LogP contribution in [-0.4, -0.2) is 22.0 Å². The number of rotatable bonds is 8. The number of hydrogen-bond donors (Lipinski definition) is 2. The fourth-order valence-electron chi connectivity index (χ4n) is 3.23. The van der Waals surface area contributed by atoms with Gasteiger partial charge < -0.3 is 15.1 Å². The molecule has 4 aromatic rings. The molecule has 168 valence electrons. The van der Waals surface area contributed by atoms with Gasteiger partial charge in [-0.05, 0) is 43.7 Å². The lowest BCUT2D eigenvalue weighted by molar-refractivity contribution is -0.115. The first-order chi connectivity index (χ1) is 16.0. The number of carbonyl (C=O) groups is 2. The number of nitrogens with one attached hydrogen (secondary N) is 2. The van der Waals surface area contributed by atoms with E-state index in [-0.39, 0.29) is 22.8 Å². The molecule has 2 N–H and O–H groups in total. The first-order valence-electron chi connectivity index (χ1n) is 10.5. The summed E-state index contributed by atoms with van der Waals surface area (Å²) in [5.41, 5.74) is 2.55. The van der Waals surface area contributed by atoms with Crippen LogP contribution in [0.1, 0.15) is 28.8 Å². The van der Waals surface area contributed by atoms with E-state index in [9.17, 15) is 9.59 Å². The minimum Gasteiger partial charge on any atom is -0.459 e. The molecule has 2 aromatic carbocycles. The van der Waals surface area contributed by atoms with Crippen molar-refractivity contribution in [2.24, 2.45) is 0 Å². The molecular weight excluding hydrogens is 454 g/mol. The summed E-state index contributed by atoms with van der Waals surface area (Å²) >= 11 is 2.92. The lowest BCUT2D eigenvalue weighted by atomic mass is 10.1. The second-order valence-corrected chi connectivity index (χ2v) is 9.73. The van der Waals surface area contributed by atoms with Crippen molar-refractivity contribution in [3.63, 3.8) is 0 Å². The zero-order valence-electron chi connectivity index (χ0n) is 18.2. The summed E-state index contributed by atoms with van der Waals surface area (Å²) in [6.07, 6.45) is 2.10. The summed E-state index contributed by atoms with van der Waals surface area (Å²) in [7, 11) is 0. The maximum atomic E-state index is 13.0. The molecule has 2 amide bonds. The molecule has 0 saturated heterocycles. The molecule has 1 atom stereocenters. The third-order valence-corrected chi connectivity index (χ3v) is 7.10. The molecule has 4 rings (SSSR count). The van der Waals surface area contributed by atoms with E-state index in [4.69, 9.17) is 4.42 Å². The van der Waals surface area contributed by atoms with Crippen molar-refractivity contribution in [3.05, 3.63) is 83.6 Å². The predicted molar refractivity (Wildman–Crippen MR) is 134 cm³/mol. The minimum atomic E-state index is -0.319. The lowest BCUT2D eigenvalue weighted by Crippen LogP contribution is -2.24. The number of thioether (sulfide) groups is 1. The Balaban J connectivity index is 1.42. The Bertz CT molecular complexity index is 1240. The Morgan fingerprint density at radius 2 is 1.88 bits per heavy atom. The number of anilines is 2. The number of benzene rings is 2. The highest BCUT2D eigenvalue weighted by Crippen LogP contribution is 2.32. The summed E-state index contributed by atoms with van der Waals surface area (Å²) < 4.78 is 5.13. The highest BCUT2D eigenvalue weighted by atomic mass is 32.2. The van der Waals surface area contributed by atoms with Gasteiger partial charge in [-0.25, -0.2) is 4.98 Å². The second-order valence-electron chi connectivity index (χ2n) is 7.25. The highest BCUT2D eigenvalue weighted by Gasteiger charge is 2.21. The van der Waals surface area contributed by atoms with E-state index in [1.165, 1.54) is 29.4 Å².